The molecule has 2 aliphatic rings. The van der Waals surface area contributed by atoms with Gasteiger partial charge < -0.3 is 14.7 Å². The number of anilines is 1. The van der Waals surface area contributed by atoms with E-state index < -0.39 is 23.3 Å². The fraction of sp³-hybridized carbons (Fsp3) is 0.571. The summed E-state index contributed by atoms with van der Waals surface area (Å²) in [6.45, 7) is 5.21. The van der Waals surface area contributed by atoms with Crippen molar-refractivity contribution in [1.29, 1.82) is 0 Å². The summed E-state index contributed by atoms with van der Waals surface area (Å²) in [6.07, 6.45) is -0.950. The minimum atomic E-state index is -4.43. The summed E-state index contributed by atoms with van der Waals surface area (Å²) in [6, 6.07) is 6.15. The molecule has 28 heavy (non-hydrogen) atoms. The Bertz CT molecular complexity index is 721. The number of hydrogen-bond donors (Lipinski definition) is 1. The molecular formula is C21H26F3NO3. The molecule has 0 bridgehead atoms. The number of hydrogen-bond acceptors (Lipinski definition) is 3. The second kappa shape index (κ2) is 7.43. The largest absolute Gasteiger partial charge is 0.481 e. The zero-order valence-corrected chi connectivity index (χ0v) is 16.0. The third-order valence-electron chi connectivity index (χ3n) is 6.10. The number of carbonyl (C=O) groups excluding carboxylic acids is 1. The van der Waals surface area contributed by atoms with Crippen LogP contribution in [0.5, 0.6) is 5.75 Å². The van der Waals surface area contributed by atoms with Crippen molar-refractivity contribution in [3.63, 3.8) is 0 Å². The number of alkyl halides is 3. The van der Waals surface area contributed by atoms with Gasteiger partial charge in [0.25, 0.3) is 0 Å². The molecule has 1 atom stereocenters. The standard InChI is InChI=1S/C21H26F3NO3/c1-3-8-20(27)11-9-19(10-12-20)13-14-25(18(19)26)16-4-6-17(7-5-16)28-15(2)21(22,23)24/h3-7,15,27H,1,8-14H2,2H3/t15-,19-,20+/m1/s1. The van der Waals surface area contributed by atoms with Crippen LogP contribution < -0.4 is 9.64 Å². The highest BCUT2D eigenvalue weighted by atomic mass is 19.4. The van der Waals surface area contributed by atoms with Crippen molar-refractivity contribution in [2.45, 2.75) is 63.3 Å². The van der Waals surface area contributed by atoms with E-state index in [1.165, 1.54) is 12.1 Å². The molecule has 1 aromatic carbocycles. The van der Waals surface area contributed by atoms with Crippen molar-refractivity contribution < 1.29 is 27.8 Å². The van der Waals surface area contributed by atoms with E-state index in [9.17, 15) is 23.1 Å². The van der Waals surface area contributed by atoms with Crippen LogP contribution in [0.15, 0.2) is 36.9 Å². The highest BCUT2D eigenvalue weighted by molar-refractivity contribution is 6.00. The Morgan fingerprint density at radius 1 is 1.21 bits per heavy atom. The van der Waals surface area contributed by atoms with Crippen molar-refractivity contribution >= 4 is 11.6 Å². The Morgan fingerprint density at radius 2 is 1.82 bits per heavy atom. The average Bonchev–Trinajstić information content (AvgIpc) is 2.95. The molecule has 1 heterocycles. The number of amides is 1. The molecule has 2 fully saturated rings. The van der Waals surface area contributed by atoms with Gasteiger partial charge in [0, 0.05) is 12.2 Å². The number of rotatable bonds is 5. The molecule has 1 spiro atoms. The Kier molecular flexibility index (Phi) is 5.49. The first-order valence-corrected chi connectivity index (χ1v) is 9.57. The third-order valence-corrected chi connectivity index (χ3v) is 6.10. The highest BCUT2D eigenvalue weighted by Gasteiger charge is 2.51. The molecule has 1 aliphatic carbocycles. The molecule has 1 aromatic rings. The zero-order chi connectivity index (χ0) is 20.6. The lowest BCUT2D eigenvalue weighted by Gasteiger charge is -2.40. The smallest absolute Gasteiger partial charge is 0.425 e. The number of halogens is 3. The minimum Gasteiger partial charge on any atom is -0.481 e. The number of nitrogens with zero attached hydrogens (tertiary/aromatic N) is 1. The van der Waals surface area contributed by atoms with Gasteiger partial charge in [-0.15, -0.1) is 6.58 Å². The van der Waals surface area contributed by atoms with Crippen molar-refractivity contribution in [3.05, 3.63) is 36.9 Å². The lowest BCUT2D eigenvalue weighted by atomic mass is 9.67. The van der Waals surface area contributed by atoms with Crippen LogP contribution >= 0.6 is 0 Å². The number of aliphatic hydroxyl groups is 1. The molecule has 0 radical (unpaired) electrons. The van der Waals surface area contributed by atoms with Crippen molar-refractivity contribution in [2.75, 3.05) is 11.4 Å². The molecule has 4 nitrogen and oxygen atoms in total. The predicted molar refractivity (Wildman–Crippen MR) is 100 cm³/mol. The van der Waals surface area contributed by atoms with Crippen LogP contribution in [0.1, 0.15) is 45.4 Å². The van der Waals surface area contributed by atoms with Gasteiger partial charge in [-0.2, -0.15) is 13.2 Å². The van der Waals surface area contributed by atoms with E-state index in [4.69, 9.17) is 4.74 Å². The lowest BCUT2D eigenvalue weighted by molar-refractivity contribution is -0.189. The van der Waals surface area contributed by atoms with E-state index in [1.807, 2.05) is 0 Å². The number of carbonyl (C=O) groups is 1. The van der Waals surface area contributed by atoms with E-state index in [2.05, 4.69) is 6.58 Å². The van der Waals surface area contributed by atoms with Gasteiger partial charge in [-0.25, -0.2) is 0 Å². The van der Waals surface area contributed by atoms with E-state index in [0.29, 0.717) is 44.3 Å². The first-order valence-electron chi connectivity index (χ1n) is 9.57. The number of benzene rings is 1. The molecule has 154 valence electrons. The monoisotopic (exact) mass is 397 g/mol. The fourth-order valence-corrected chi connectivity index (χ4v) is 4.17. The molecule has 7 heteroatoms. The van der Waals surface area contributed by atoms with Crippen LogP contribution in [0.3, 0.4) is 0 Å². The molecule has 1 amide bonds. The van der Waals surface area contributed by atoms with Gasteiger partial charge in [0.15, 0.2) is 6.10 Å². The van der Waals surface area contributed by atoms with Crippen LogP contribution in [0.25, 0.3) is 0 Å². The van der Waals surface area contributed by atoms with Gasteiger partial charge in [0.05, 0.1) is 11.0 Å². The molecule has 1 saturated heterocycles. The van der Waals surface area contributed by atoms with Gasteiger partial charge in [-0.05, 0) is 69.7 Å². The summed E-state index contributed by atoms with van der Waals surface area (Å²) in [4.78, 5) is 14.8. The van der Waals surface area contributed by atoms with Crippen LogP contribution in [-0.2, 0) is 4.79 Å². The predicted octanol–water partition coefficient (Wildman–Crippen LogP) is 4.62. The summed E-state index contributed by atoms with van der Waals surface area (Å²) < 4.78 is 42.8. The zero-order valence-electron chi connectivity index (χ0n) is 16.0. The maximum atomic E-state index is 13.1. The fourth-order valence-electron chi connectivity index (χ4n) is 4.17. The topological polar surface area (TPSA) is 49.8 Å². The van der Waals surface area contributed by atoms with Gasteiger partial charge in [-0.1, -0.05) is 6.08 Å². The van der Waals surface area contributed by atoms with Gasteiger partial charge in [0.1, 0.15) is 5.75 Å². The van der Waals surface area contributed by atoms with Crippen LogP contribution in [0, 0.1) is 5.41 Å². The Morgan fingerprint density at radius 3 is 2.36 bits per heavy atom. The maximum Gasteiger partial charge on any atom is 0.425 e. The quantitative estimate of drug-likeness (QED) is 0.738. The molecule has 1 N–H and O–H groups in total. The van der Waals surface area contributed by atoms with Crippen molar-refractivity contribution in [3.8, 4) is 5.75 Å². The molecule has 0 aromatic heterocycles. The molecule has 1 aliphatic heterocycles. The average molecular weight is 397 g/mol. The molecule has 1 saturated carbocycles. The number of ether oxygens (including phenoxy) is 1. The normalized spacial score (nSPS) is 29.2. The second-order valence-corrected chi connectivity index (χ2v) is 8.00. The molecule has 0 unspecified atom stereocenters. The first-order chi connectivity index (χ1) is 13.1. The second-order valence-electron chi connectivity index (χ2n) is 8.00. The minimum absolute atomic E-state index is 0.0329. The molecule has 3 rings (SSSR count). The van der Waals surface area contributed by atoms with E-state index in [0.717, 1.165) is 13.3 Å². The lowest BCUT2D eigenvalue weighted by Crippen LogP contribution is -2.43. The Hall–Kier alpha value is -2.02. The van der Waals surface area contributed by atoms with Gasteiger partial charge in [0.2, 0.25) is 5.91 Å². The van der Waals surface area contributed by atoms with Crippen molar-refractivity contribution in [2.24, 2.45) is 5.41 Å². The SMILES string of the molecule is C=CC[C@]1(O)CC[C@]2(CCN(c3ccc(O[C@H](C)C(F)(F)F)cc3)C2=O)CC1. The maximum absolute atomic E-state index is 13.1. The van der Waals surface area contributed by atoms with E-state index in [1.54, 1.807) is 23.1 Å². The van der Waals surface area contributed by atoms with Gasteiger partial charge >= 0.3 is 6.18 Å². The van der Waals surface area contributed by atoms with E-state index >= 15 is 0 Å². The van der Waals surface area contributed by atoms with Crippen LogP contribution in [0.4, 0.5) is 18.9 Å². The Balaban J connectivity index is 1.66. The third kappa shape index (κ3) is 4.04. The van der Waals surface area contributed by atoms with Crippen LogP contribution in [-0.4, -0.2) is 35.4 Å². The molecular weight excluding hydrogens is 371 g/mol. The van der Waals surface area contributed by atoms with Gasteiger partial charge in [-0.3, -0.25) is 4.79 Å². The van der Waals surface area contributed by atoms with E-state index in [-0.39, 0.29) is 11.7 Å². The highest BCUT2D eigenvalue weighted by Crippen LogP contribution is 2.49. The first kappa shape index (κ1) is 20.7. The summed E-state index contributed by atoms with van der Waals surface area (Å²) in [7, 11) is 0. The summed E-state index contributed by atoms with van der Waals surface area (Å²) in [5.74, 6) is 0.146. The summed E-state index contributed by atoms with van der Waals surface area (Å²) in [5.41, 5.74) is -0.566. The van der Waals surface area contributed by atoms with Crippen molar-refractivity contribution in [1.82, 2.24) is 0 Å². The summed E-state index contributed by atoms with van der Waals surface area (Å²) >= 11 is 0. The van der Waals surface area contributed by atoms with Crippen LogP contribution in [0.2, 0.25) is 0 Å². The summed E-state index contributed by atoms with van der Waals surface area (Å²) in [5, 5.41) is 10.6. The Labute approximate surface area is 163 Å².